The zero-order valence-electron chi connectivity index (χ0n) is 10.6. The molecule has 1 N–H and O–H groups in total. The minimum atomic E-state index is -0.560. The predicted octanol–water partition coefficient (Wildman–Crippen LogP) is 1.74. The molecule has 0 saturated heterocycles. The molecule has 0 aliphatic rings. The van der Waals surface area contributed by atoms with Gasteiger partial charge in [-0.1, -0.05) is 23.7 Å². The number of imidazole rings is 1. The van der Waals surface area contributed by atoms with Crippen LogP contribution in [0.1, 0.15) is 21.7 Å². The Morgan fingerprint density at radius 3 is 2.84 bits per heavy atom. The third-order valence-corrected chi connectivity index (χ3v) is 3.12. The van der Waals surface area contributed by atoms with Gasteiger partial charge in [0.2, 0.25) is 0 Å². The molecule has 0 unspecified atom stereocenters. The number of hydrogen-bond acceptors (Lipinski definition) is 3. The number of carbonyl (C=O) groups is 1. The lowest BCUT2D eigenvalue weighted by Crippen LogP contribution is -2.14. The van der Waals surface area contributed by atoms with Crippen LogP contribution in [0, 0.1) is 0 Å². The number of carbonyl (C=O) groups excluding carboxylic acids is 1. The number of ether oxygens (including phenoxy) is 1. The van der Waals surface area contributed by atoms with Gasteiger partial charge in [-0.15, -0.1) is 0 Å². The number of methoxy groups -OCH3 is 1. The van der Waals surface area contributed by atoms with Crippen LogP contribution in [-0.2, 0) is 18.2 Å². The first kappa shape index (κ1) is 13.4. The maximum Gasteiger partial charge on any atom is 0.356 e. The number of esters is 1. The van der Waals surface area contributed by atoms with E-state index in [1.807, 2.05) is 12.1 Å². The number of hydrogen-bond donors (Lipinski definition) is 1. The minimum Gasteiger partial charge on any atom is -0.464 e. The van der Waals surface area contributed by atoms with Crippen LogP contribution in [0.3, 0.4) is 0 Å². The average molecular weight is 281 g/mol. The fraction of sp³-hybridized carbons (Fsp3) is 0.231. The number of aromatic nitrogens is 2. The molecule has 2 rings (SSSR count). The van der Waals surface area contributed by atoms with Gasteiger partial charge in [0.15, 0.2) is 0 Å². The van der Waals surface area contributed by atoms with Crippen molar-refractivity contribution < 1.29 is 9.53 Å². The van der Waals surface area contributed by atoms with E-state index < -0.39 is 5.97 Å². The van der Waals surface area contributed by atoms with Gasteiger partial charge in [-0.25, -0.2) is 9.59 Å². The molecule has 6 heteroatoms. The number of aromatic amines is 1. The molecular weight excluding hydrogens is 268 g/mol. The van der Waals surface area contributed by atoms with E-state index in [4.69, 9.17) is 11.6 Å². The molecule has 0 radical (unpaired) electrons. The number of H-pyrrole nitrogens is 1. The van der Waals surface area contributed by atoms with Crippen molar-refractivity contribution in [2.75, 3.05) is 7.11 Å². The summed E-state index contributed by atoms with van der Waals surface area (Å²) >= 11 is 5.92. The largest absolute Gasteiger partial charge is 0.464 e. The Labute approximate surface area is 114 Å². The molecule has 1 aromatic carbocycles. The average Bonchev–Trinajstić information content (AvgIpc) is 2.66. The molecule has 0 saturated carbocycles. The monoisotopic (exact) mass is 280 g/mol. The topological polar surface area (TPSA) is 64.1 Å². The Hall–Kier alpha value is -2.01. The fourth-order valence-electron chi connectivity index (χ4n) is 1.87. The van der Waals surface area contributed by atoms with Crippen LogP contribution in [0.5, 0.6) is 0 Å². The predicted molar refractivity (Wildman–Crippen MR) is 71.6 cm³/mol. The summed E-state index contributed by atoms with van der Waals surface area (Å²) in [6.07, 6.45) is 0.417. The number of nitrogens with one attached hydrogen (secondary N) is 1. The molecule has 0 atom stereocenters. The van der Waals surface area contributed by atoms with Crippen LogP contribution < -0.4 is 5.69 Å². The van der Waals surface area contributed by atoms with E-state index in [9.17, 15) is 9.59 Å². The Morgan fingerprint density at radius 2 is 2.21 bits per heavy atom. The lowest BCUT2D eigenvalue weighted by Gasteiger charge is -2.05. The summed E-state index contributed by atoms with van der Waals surface area (Å²) in [5.41, 5.74) is 1.30. The Morgan fingerprint density at radius 1 is 1.47 bits per heavy atom. The van der Waals surface area contributed by atoms with Crippen LogP contribution in [0.15, 0.2) is 29.1 Å². The Bertz CT molecular complexity index is 673. The highest BCUT2D eigenvalue weighted by Gasteiger charge is 2.18. The first-order valence-electron chi connectivity index (χ1n) is 5.63. The van der Waals surface area contributed by atoms with Crippen LogP contribution in [0.4, 0.5) is 0 Å². The van der Waals surface area contributed by atoms with Gasteiger partial charge in [-0.2, -0.15) is 0 Å². The van der Waals surface area contributed by atoms with E-state index in [1.165, 1.54) is 11.7 Å². The summed E-state index contributed by atoms with van der Waals surface area (Å²) in [5, 5.41) is 0.609. The summed E-state index contributed by atoms with van der Waals surface area (Å²) < 4.78 is 6.05. The lowest BCUT2D eigenvalue weighted by atomic mass is 10.1. The molecule has 0 aliphatic carbocycles. The molecule has 100 valence electrons. The summed E-state index contributed by atoms with van der Waals surface area (Å²) in [7, 11) is 2.88. The smallest absolute Gasteiger partial charge is 0.356 e. The molecule has 0 fully saturated rings. The molecular formula is C13H13ClN2O3. The lowest BCUT2D eigenvalue weighted by molar-refractivity contribution is 0.0593. The van der Waals surface area contributed by atoms with Crippen LogP contribution in [-0.4, -0.2) is 22.6 Å². The molecule has 0 bridgehead atoms. The van der Waals surface area contributed by atoms with Crippen molar-refractivity contribution in [2.24, 2.45) is 7.05 Å². The molecule has 2 aromatic rings. The number of halogens is 1. The van der Waals surface area contributed by atoms with E-state index in [0.29, 0.717) is 17.1 Å². The van der Waals surface area contributed by atoms with E-state index in [0.717, 1.165) is 5.56 Å². The second-order valence-electron chi connectivity index (χ2n) is 4.11. The SMILES string of the molecule is COC(=O)c1[nH]c(=O)n(C)c1Cc1cccc(Cl)c1. The quantitative estimate of drug-likeness (QED) is 0.871. The molecule has 19 heavy (non-hydrogen) atoms. The van der Waals surface area contributed by atoms with Gasteiger partial charge in [0.1, 0.15) is 5.69 Å². The number of benzene rings is 1. The maximum atomic E-state index is 11.6. The highest BCUT2D eigenvalue weighted by Crippen LogP contribution is 2.16. The molecule has 1 heterocycles. The van der Waals surface area contributed by atoms with Crippen molar-refractivity contribution in [1.82, 2.24) is 9.55 Å². The van der Waals surface area contributed by atoms with Gasteiger partial charge in [-0.3, -0.25) is 9.55 Å². The molecule has 5 nitrogen and oxygen atoms in total. The second-order valence-corrected chi connectivity index (χ2v) is 4.55. The maximum absolute atomic E-state index is 11.6. The summed E-state index contributed by atoms with van der Waals surface area (Å²) in [6, 6.07) is 7.26. The number of rotatable bonds is 3. The Balaban J connectivity index is 2.44. The molecule has 0 amide bonds. The van der Waals surface area contributed by atoms with Crippen molar-refractivity contribution in [3.63, 3.8) is 0 Å². The zero-order chi connectivity index (χ0) is 14.0. The van der Waals surface area contributed by atoms with Crippen LogP contribution >= 0.6 is 11.6 Å². The van der Waals surface area contributed by atoms with Crippen molar-refractivity contribution >= 4 is 17.6 Å². The van der Waals surface area contributed by atoms with Crippen LogP contribution in [0.2, 0.25) is 5.02 Å². The van der Waals surface area contributed by atoms with Crippen molar-refractivity contribution in [3.05, 3.63) is 56.7 Å². The van der Waals surface area contributed by atoms with E-state index in [2.05, 4.69) is 9.72 Å². The summed E-state index contributed by atoms with van der Waals surface area (Å²) in [6.45, 7) is 0. The third kappa shape index (κ3) is 2.71. The zero-order valence-corrected chi connectivity index (χ0v) is 11.3. The second kappa shape index (κ2) is 5.32. The minimum absolute atomic E-state index is 0.176. The van der Waals surface area contributed by atoms with Gasteiger partial charge in [0.05, 0.1) is 12.8 Å². The third-order valence-electron chi connectivity index (χ3n) is 2.88. The molecule has 0 spiro atoms. The standard InChI is InChI=1S/C13H13ClN2O3/c1-16-10(7-8-4-3-5-9(14)6-8)11(12(17)19-2)15-13(16)18/h3-6H,7H2,1-2H3,(H,15,18). The number of nitrogens with zero attached hydrogens (tertiary/aromatic N) is 1. The van der Waals surface area contributed by atoms with Gasteiger partial charge in [0.25, 0.3) is 0 Å². The van der Waals surface area contributed by atoms with Gasteiger partial charge < -0.3 is 4.74 Å². The van der Waals surface area contributed by atoms with Gasteiger partial charge in [0, 0.05) is 18.5 Å². The molecule has 0 aliphatic heterocycles. The molecule has 1 aromatic heterocycles. The first-order chi connectivity index (χ1) is 9.02. The summed E-state index contributed by atoms with van der Waals surface area (Å²) in [5.74, 6) is -0.560. The summed E-state index contributed by atoms with van der Waals surface area (Å²) in [4.78, 5) is 25.7. The highest BCUT2D eigenvalue weighted by molar-refractivity contribution is 6.30. The first-order valence-corrected chi connectivity index (χ1v) is 6.01. The van der Waals surface area contributed by atoms with Gasteiger partial charge in [-0.05, 0) is 17.7 Å². The van der Waals surface area contributed by atoms with Crippen molar-refractivity contribution in [1.29, 1.82) is 0 Å². The van der Waals surface area contributed by atoms with E-state index in [-0.39, 0.29) is 11.4 Å². The fourth-order valence-corrected chi connectivity index (χ4v) is 2.08. The van der Waals surface area contributed by atoms with E-state index in [1.54, 1.807) is 19.2 Å². The normalized spacial score (nSPS) is 10.5. The van der Waals surface area contributed by atoms with Crippen molar-refractivity contribution in [3.8, 4) is 0 Å². The highest BCUT2D eigenvalue weighted by atomic mass is 35.5. The van der Waals surface area contributed by atoms with Crippen LogP contribution in [0.25, 0.3) is 0 Å². The van der Waals surface area contributed by atoms with E-state index >= 15 is 0 Å². The van der Waals surface area contributed by atoms with Gasteiger partial charge >= 0.3 is 11.7 Å². The Kier molecular flexibility index (Phi) is 3.76. The van der Waals surface area contributed by atoms with Crippen molar-refractivity contribution in [2.45, 2.75) is 6.42 Å².